The van der Waals surface area contributed by atoms with E-state index in [9.17, 15) is 13.2 Å². The Morgan fingerprint density at radius 1 is 1.04 bits per heavy atom. The van der Waals surface area contributed by atoms with E-state index in [2.05, 4.69) is 32.8 Å². The predicted octanol–water partition coefficient (Wildman–Crippen LogP) is 2.48. The largest absolute Gasteiger partial charge is 0.322 e. The molecule has 1 fully saturated rings. The fraction of sp³-hybridized carbons (Fsp3) is 0.278. The maximum atomic E-state index is 12.8. The average molecular weight is 485 g/mol. The third kappa shape index (κ3) is 4.43. The normalized spacial score (nSPS) is 16.4. The Bertz CT molecular complexity index is 909. The SMILES string of the molecule is CN1CCN(S(=O)(=O)c2cccc(C(=O)Nc3cccc(I)c3)c2)CC1. The first kappa shape index (κ1) is 19.3. The number of nitrogens with one attached hydrogen (secondary N) is 1. The Labute approximate surface area is 167 Å². The van der Waals surface area contributed by atoms with Gasteiger partial charge in [0, 0.05) is 41.0 Å². The van der Waals surface area contributed by atoms with Crippen LogP contribution in [-0.4, -0.2) is 56.8 Å². The van der Waals surface area contributed by atoms with Gasteiger partial charge in [0.1, 0.15) is 0 Å². The molecule has 6 nitrogen and oxygen atoms in total. The van der Waals surface area contributed by atoms with Crippen LogP contribution < -0.4 is 5.32 Å². The highest BCUT2D eigenvalue weighted by atomic mass is 127. The molecular formula is C18H20IN3O3S. The molecule has 2 aromatic carbocycles. The van der Waals surface area contributed by atoms with E-state index >= 15 is 0 Å². The number of amides is 1. The van der Waals surface area contributed by atoms with Crippen LogP contribution in [0.4, 0.5) is 5.69 Å². The number of nitrogens with zero attached hydrogens (tertiary/aromatic N) is 2. The van der Waals surface area contributed by atoms with Crippen LogP contribution in [0.15, 0.2) is 53.4 Å². The van der Waals surface area contributed by atoms with Crippen LogP contribution >= 0.6 is 22.6 Å². The fourth-order valence-corrected chi connectivity index (χ4v) is 4.76. The van der Waals surface area contributed by atoms with Gasteiger partial charge in [0.25, 0.3) is 5.91 Å². The second-order valence-corrected chi connectivity index (χ2v) is 9.38. The van der Waals surface area contributed by atoms with Crippen molar-refractivity contribution < 1.29 is 13.2 Å². The van der Waals surface area contributed by atoms with Crippen LogP contribution in [0.3, 0.4) is 0 Å². The molecule has 1 aliphatic heterocycles. The molecule has 0 saturated carbocycles. The molecule has 0 bridgehead atoms. The number of likely N-dealkylation sites (N-methyl/N-ethyl adjacent to an activating group) is 1. The molecule has 0 radical (unpaired) electrons. The summed E-state index contributed by atoms with van der Waals surface area (Å²) >= 11 is 2.17. The summed E-state index contributed by atoms with van der Waals surface area (Å²) in [6, 6.07) is 13.6. The van der Waals surface area contributed by atoms with E-state index in [4.69, 9.17) is 0 Å². The molecule has 1 saturated heterocycles. The van der Waals surface area contributed by atoms with Gasteiger partial charge in [0.2, 0.25) is 10.0 Å². The van der Waals surface area contributed by atoms with E-state index in [1.807, 2.05) is 25.2 Å². The van der Waals surface area contributed by atoms with Gasteiger partial charge >= 0.3 is 0 Å². The van der Waals surface area contributed by atoms with Crippen LogP contribution in [0.25, 0.3) is 0 Å². The summed E-state index contributed by atoms with van der Waals surface area (Å²) in [4.78, 5) is 14.7. The molecule has 1 amide bonds. The van der Waals surface area contributed by atoms with Crippen molar-refractivity contribution >= 4 is 44.2 Å². The van der Waals surface area contributed by atoms with E-state index in [1.165, 1.54) is 16.4 Å². The van der Waals surface area contributed by atoms with Crippen LogP contribution in [-0.2, 0) is 10.0 Å². The molecule has 0 aromatic heterocycles. The fourth-order valence-electron chi connectivity index (χ4n) is 2.74. The topological polar surface area (TPSA) is 69.7 Å². The predicted molar refractivity (Wildman–Crippen MR) is 110 cm³/mol. The monoisotopic (exact) mass is 485 g/mol. The summed E-state index contributed by atoms with van der Waals surface area (Å²) < 4.78 is 28.2. The number of carbonyl (C=O) groups is 1. The van der Waals surface area contributed by atoms with Gasteiger partial charge in [-0.25, -0.2) is 8.42 Å². The molecule has 3 rings (SSSR count). The maximum Gasteiger partial charge on any atom is 0.255 e. The summed E-state index contributed by atoms with van der Waals surface area (Å²) in [7, 11) is -1.62. The van der Waals surface area contributed by atoms with Gasteiger partial charge in [-0.15, -0.1) is 0 Å². The first-order valence-corrected chi connectivity index (χ1v) is 10.7. The van der Waals surface area contributed by atoms with E-state index in [-0.39, 0.29) is 10.8 Å². The van der Waals surface area contributed by atoms with Gasteiger partial charge in [0.15, 0.2) is 0 Å². The third-order valence-corrected chi connectivity index (χ3v) is 6.84. The Morgan fingerprint density at radius 2 is 1.73 bits per heavy atom. The number of sulfonamides is 1. The van der Waals surface area contributed by atoms with E-state index < -0.39 is 10.0 Å². The molecule has 1 aliphatic rings. The molecule has 0 aliphatic carbocycles. The zero-order valence-electron chi connectivity index (χ0n) is 14.4. The molecule has 2 aromatic rings. The maximum absolute atomic E-state index is 12.8. The van der Waals surface area contributed by atoms with Gasteiger partial charge in [-0.3, -0.25) is 4.79 Å². The van der Waals surface area contributed by atoms with Crippen molar-refractivity contribution in [1.29, 1.82) is 0 Å². The van der Waals surface area contributed by atoms with E-state index in [0.29, 0.717) is 37.4 Å². The van der Waals surface area contributed by atoms with Crippen LogP contribution in [0, 0.1) is 3.57 Å². The lowest BCUT2D eigenvalue weighted by molar-refractivity contribution is 0.102. The highest BCUT2D eigenvalue weighted by Gasteiger charge is 2.27. The summed E-state index contributed by atoms with van der Waals surface area (Å²) in [6.07, 6.45) is 0. The van der Waals surface area contributed by atoms with Crippen LogP contribution in [0.2, 0.25) is 0 Å². The Hall–Kier alpha value is -1.49. The minimum absolute atomic E-state index is 0.150. The molecule has 26 heavy (non-hydrogen) atoms. The Kier molecular flexibility index (Phi) is 5.96. The average Bonchev–Trinajstić information content (AvgIpc) is 2.62. The van der Waals surface area contributed by atoms with Gasteiger partial charge in [-0.1, -0.05) is 12.1 Å². The number of benzene rings is 2. The molecule has 0 spiro atoms. The van der Waals surface area contributed by atoms with E-state index in [1.54, 1.807) is 18.2 Å². The lowest BCUT2D eigenvalue weighted by Crippen LogP contribution is -2.47. The quantitative estimate of drug-likeness (QED) is 0.676. The number of anilines is 1. The second-order valence-electron chi connectivity index (χ2n) is 6.20. The van der Waals surface area contributed by atoms with Crippen molar-refractivity contribution in [2.24, 2.45) is 0 Å². The molecular weight excluding hydrogens is 465 g/mol. The highest BCUT2D eigenvalue weighted by Crippen LogP contribution is 2.20. The molecule has 138 valence electrons. The molecule has 1 N–H and O–H groups in total. The standard InChI is InChI=1S/C18H20IN3O3S/c1-21-8-10-22(11-9-21)26(24,25)17-7-2-4-14(12-17)18(23)20-16-6-3-5-15(19)13-16/h2-7,12-13H,8-11H2,1H3,(H,20,23). The molecule has 0 unspecified atom stereocenters. The molecule has 0 atom stereocenters. The van der Waals surface area contributed by atoms with Crippen LogP contribution in [0.1, 0.15) is 10.4 Å². The van der Waals surface area contributed by atoms with Crippen molar-refractivity contribution in [2.75, 3.05) is 38.5 Å². The number of hydrogen-bond donors (Lipinski definition) is 1. The second kappa shape index (κ2) is 8.03. The Balaban J connectivity index is 1.80. The molecule has 8 heteroatoms. The van der Waals surface area contributed by atoms with Crippen molar-refractivity contribution in [2.45, 2.75) is 4.90 Å². The summed E-state index contributed by atoms with van der Waals surface area (Å²) in [5.74, 6) is -0.331. The number of piperazine rings is 1. The summed E-state index contributed by atoms with van der Waals surface area (Å²) in [5.41, 5.74) is 0.994. The van der Waals surface area contributed by atoms with Crippen LogP contribution in [0.5, 0.6) is 0 Å². The number of halogens is 1. The first-order chi connectivity index (χ1) is 12.4. The van der Waals surface area contributed by atoms with Gasteiger partial charge < -0.3 is 10.2 Å². The lowest BCUT2D eigenvalue weighted by atomic mass is 10.2. The minimum Gasteiger partial charge on any atom is -0.322 e. The minimum atomic E-state index is -3.60. The summed E-state index contributed by atoms with van der Waals surface area (Å²) in [5, 5.41) is 2.80. The lowest BCUT2D eigenvalue weighted by Gasteiger charge is -2.31. The zero-order chi connectivity index (χ0) is 18.7. The van der Waals surface area contributed by atoms with Gasteiger partial charge in [0.05, 0.1) is 4.90 Å². The zero-order valence-corrected chi connectivity index (χ0v) is 17.3. The van der Waals surface area contributed by atoms with Crippen molar-refractivity contribution in [3.8, 4) is 0 Å². The van der Waals surface area contributed by atoms with Crippen molar-refractivity contribution in [3.05, 3.63) is 57.7 Å². The van der Waals surface area contributed by atoms with Gasteiger partial charge in [-0.2, -0.15) is 4.31 Å². The smallest absolute Gasteiger partial charge is 0.255 e. The van der Waals surface area contributed by atoms with E-state index in [0.717, 1.165) is 3.57 Å². The third-order valence-electron chi connectivity index (χ3n) is 4.28. The summed E-state index contributed by atoms with van der Waals surface area (Å²) in [6.45, 7) is 2.31. The number of carbonyl (C=O) groups excluding carboxylic acids is 1. The first-order valence-electron chi connectivity index (χ1n) is 8.22. The van der Waals surface area contributed by atoms with Gasteiger partial charge in [-0.05, 0) is 66.0 Å². The van der Waals surface area contributed by atoms with Crippen molar-refractivity contribution in [3.63, 3.8) is 0 Å². The number of rotatable bonds is 4. The Morgan fingerprint density at radius 3 is 2.42 bits per heavy atom. The number of hydrogen-bond acceptors (Lipinski definition) is 4. The van der Waals surface area contributed by atoms with Crippen molar-refractivity contribution in [1.82, 2.24) is 9.21 Å². The highest BCUT2D eigenvalue weighted by molar-refractivity contribution is 14.1. The molecule has 1 heterocycles.